The number of hydrogen-bond donors (Lipinski definition) is 1. The molecule has 2 amide bonds. The number of amides is 2. The predicted molar refractivity (Wildman–Crippen MR) is 127 cm³/mol. The summed E-state index contributed by atoms with van der Waals surface area (Å²) in [6.07, 6.45) is 0.452. The van der Waals surface area contributed by atoms with E-state index in [-0.39, 0.29) is 36.0 Å². The predicted octanol–water partition coefficient (Wildman–Crippen LogP) is 5.70. The fourth-order valence-electron chi connectivity index (χ4n) is 3.08. The van der Waals surface area contributed by atoms with Gasteiger partial charge in [-0.15, -0.1) is 11.8 Å². The molecule has 0 heterocycles. The van der Waals surface area contributed by atoms with E-state index in [1.807, 2.05) is 20.8 Å². The van der Waals surface area contributed by atoms with Crippen molar-refractivity contribution in [3.05, 3.63) is 69.5 Å². The van der Waals surface area contributed by atoms with Crippen LogP contribution in [0.4, 0.5) is 4.39 Å². The first kappa shape index (κ1) is 25.5. The Morgan fingerprint density at radius 3 is 2.45 bits per heavy atom. The average molecular weight is 485 g/mol. The molecular weight excluding hydrogens is 458 g/mol. The number of hydrogen-bond acceptors (Lipinski definition) is 3. The highest BCUT2D eigenvalue weighted by molar-refractivity contribution is 7.99. The van der Waals surface area contributed by atoms with Gasteiger partial charge < -0.3 is 10.2 Å². The van der Waals surface area contributed by atoms with Crippen molar-refractivity contribution < 1.29 is 14.0 Å². The molecule has 2 rings (SSSR count). The van der Waals surface area contributed by atoms with Gasteiger partial charge in [-0.25, -0.2) is 4.39 Å². The zero-order valence-electron chi connectivity index (χ0n) is 17.8. The van der Waals surface area contributed by atoms with Gasteiger partial charge in [0.15, 0.2) is 0 Å². The van der Waals surface area contributed by atoms with Gasteiger partial charge in [0, 0.05) is 28.4 Å². The Balaban J connectivity index is 2.19. The van der Waals surface area contributed by atoms with E-state index in [1.54, 1.807) is 41.3 Å². The van der Waals surface area contributed by atoms with Crippen molar-refractivity contribution in [1.29, 1.82) is 0 Å². The third-order valence-corrected chi connectivity index (χ3v) is 6.17. The van der Waals surface area contributed by atoms with Crippen LogP contribution in [0.25, 0.3) is 0 Å². The highest BCUT2D eigenvalue weighted by atomic mass is 35.5. The molecule has 0 saturated carbocycles. The topological polar surface area (TPSA) is 49.4 Å². The zero-order valence-corrected chi connectivity index (χ0v) is 20.2. The van der Waals surface area contributed by atoms with Gasteiger partial charge in [0.1, 0.15) is 11.9 Å². The highest BCUT2D eigenvalue weighted by Crippen LogP contribution is 2.24. The van der Waals surface area contributed by atoms with Crippen LogP contribution in [0.1, 0.15) is 38.3 Å². The molecule has 0 bridgehead atoms. The summed E-state index contributed by atoms with van der Waals surface area (Å²) in [6, 6.07) is 10.9. The molecule has 2 aromatic carbocycles. The maximum Gasteiger partial charge on any atom is 0.243 e. The zero-order chi connectivity index (χ0) is 23.0. The average Bonchev–Trinajstić information content (AvgIpc) is 2.70. The lowest BCUT2D eigenvalue weighted by Gasteiger charge is -2.31. The molecular formula is C23H27Cl2FN2O2S. The van der Waals surface area contributed by atoms with E-state index in [2.05, 4.69) is 5.32 Å². The minimum Gasteiger partial charge on any atom is -0.352 e. The molecule has 0 unspecified atom stereocenters. The van der Waals surface area contributed by atoms with Gasteiger partial charge in [0.05, 0.1) is 5.75 Å². The van der Waals surface area contributed by atoms with E-state index in [0.29, 0.717) is 33.3 Å². The summed E-state index contributed by atoms with van der Waals surface area (Å²) in [6.45, 7) is 5.79. The summed E-state index contributed by atoms with van der Waals surface area (Å²) in [5.41, 5.74) is 1.24. The Labute approximate surface area is 197 Å². The number of benzene rings is 2. The van der Waals surface area contributed by atoms with Crippen LogP contribution in [-0.2, 0) is 21.9 Å². The van der Waals surface area contributed by atoms with Crippen LogP contribution in [0.5, 0.6) is 0 Å². The van der Waals surface area contributed by atoms with Crippen molar-refractivity contribution in [2.24, 2.45) is 0 Å². The Morgan fingerprint density at radius 1 is 1.13 bits per heavy atom. The van der Waals surface area contributed by atoms with E-state index >= 15 is 0 Å². The lowest BCUT2D eigenvalue weighted by Crippen LogP contribution is -2.51. The first-order chi connectivity index (χ1) is 14.7. The van der Waals surface area contributed by atoms with Gasteiger partial charge in [-0.1, -0.05) is 54.4 Å². The van der Waals surface area contributed by atoms with Crippen LogP contribution in [0.15, 0.2) is 42.5 Å². The molecule has 4 nitrogen and oxygen atoms in total. The number of rotatable bonds is 10. The molecule has 2 aromatic rings. The van der Waals surface area contributed by atoms with E-state index in [1.165, 1.54) is 17.8 Å². The van der Waals surface area contributed by atoms with E-state index < -0.39 is 6.04 Å². The van der Waals surface area contributed by atoms with Gasteiger partial charge in [0.25, 0.3) is 0 Å². The van der Waals surface area contributed by atoms with Gasteiger partial charge in [0.2, 0.25) is 11.8 Å². The van der Waals surface area contributed by atoms with Crippen molar-refractivity contribution >= 4 is 46.8 Å². The lowest BCUT2D eigenvalue weighted by molar-refractivity contribution is -0.139. The summed E-state index contributed by atoms with van der Waals surface area (Å²) in [5.74, 6) is -0.239. The molecule has 0 aliphatic rings. The van der Waals surface area contributed by atoms with Gasteiger partial charge in [-0.05, 0) is 49.6 Å². The second-order valence-electron chi connectivity index (χ2n) is 7.43. The summed E-state index contributed by atoms with van der Waals surface area (Å²) in [5, 5.41) is 3.82. The maximum atomic E-state index is 13.9. The standard InChI is InChI=1S/C23H27Cl2FN2O2S/c1-4-21(23(30)27-15(2)3)28(12-16-9-10-18(24)11-19(16)25)22(29)14-31-13-17-7-5-6-8-20(17)26/h5-11,15,21H,4,12-14H2,1-3H3,(H,27,30)/t21-/m1/s1. The van der Waals surface area contributed by atoms with E-state index in [9.17, 15) is 14.0 Å². The summed E-state index contributed by atoms with van der Waals surface area (Å²) in [7, 11) is 0. The van der Waals surface area contributed by atoms with Gasteiger partial charge >= 0.3 is 0 Å². The third-order valence-electron chi connectivity index (χ3n) is 4.61. The van der Waals surface area contributed by atoms with Crippen molar-refractivity contribution in [2.45, 2.75) is 51.6 Å². The Bertz CT molecular complexity index is 911. The molecule has 0 aliphatic carbocycles. The van der Waals surface area contributed by atoms with Crippen molar-refractivity contribution in [1.82, 2.24) is 10.2 Å². The number of carbonyl (C=O) groups is 2. The van der Waals surface area contributed by atoms with Crippen LogP contribution in [0.3, 0.4) is 0 Å². The molecule has 0 aliphatic heterocycles. The van der Waals surface area contributed by atoms with Crippen LogP contribution in [0.2, 0.25) is 10.0 Å². The smallest absolute Gasteiger partial charge is 0.243 e. The summed E-state index contributed by atoms with van der Waals surface area (Å²) >= 11 is 13.6. The number of nitrogens with zero attached hydrogens (tertiary/aromatic N) is 1. The maximum absolute atomic E-state index is 13.9. The molecule has 8 heteroatoms. The number of halogens is 3. The quantitative estimate of drug-likeness (QED) is 0.470. The molecule has 0 spiro atoms. The van der Waals surface area contributed by atoms with Crippen molar-refractivity contribution in [3.63, 3.8) is 0 Å². The number of carbonyl (C=O) groups excluding carboxylic acids is 2. The second-order valence-corrected chi connectivity index (χ2v) is 9.26. The van der Waals surface area contributed by atoms with Crippen LogP contribution >= 0.6 is 35.0 Å². The van der Waals surface area contributed by atoms with Crippen LogP contribution in [-0.4, -0.2) is 34.6 Å². The first-order valence-electron chi connectivity index (χ1n) is 10.1. The number of nitrogens with one attached hydrogen (secondary N) is 1. The van der Waals surface area contributed by atoms with Gasteiger partial charge in [-0.3, -0.25) is 9.59 Å². The molecule has 31 heavy (non-hydrogen) atoms. The SMILES string of the molecule is CC[C@H](C(=O)NC(C)C)N(Cc1ccc(Cl)cc1Cl)C(=O)CSCc1ccccc1F. The highest BCUT2D eigenvalue weighted by Gasteiger charge is 2.29. The van der Waals surface area contributed by atoms with Crippen LogP contribution in [0, 0.1) is 5.82 Å². The molecule has 1 atom stereocenters. The fourth-order valence-corrected chi connectivity index (χ4v) is 4.45. The summed E-state index contributed by atoms with van der Waals surface area (Å²) in [4.78, 5) is 27.5. The Hall–Kier alpha value is -1.76. The van der Waals surface area contributed by atoms with Crippen molar-refractivity contribution in [3.8, 4) is 0 Å². The molecule has 0 saturated heterocycles. The van der Waals surface area contributed by atoms with E-state index in [0.717, 1.165) is 0 Å². The first-order valence-corrected chi connectivity index (χ1v) is 12.0. The lowest BCUT2D eigenvalue weighted by atomic mass is 10.1. The Morgan fingerprint density at radius 2 is 1.84 bits per heavy atom. The van der Waals surface area contributed by atoms with Crippen molar-refractivity contribution in [2.75, 3.05) is 5.75 Å². The molecule has 168 valence electrons. The van der Waals surface area contributed by atoms with Gasteiger partial charge in [-0.2, -0.15) is 0 Å². The molecule has 0 radical (unpaired) electrons. The normalized spacial score (nSPS) is 12.0. The molecule has 0 fully saturated rings. The third kappa shape index (κ3) is 7.70. The minimum absolute atomic E-state index is 0.0481. The number of thioether (sulfide) groups is 1. The second kappa shape index (κ2) is 12.3. The summed E-state index contributed by atoms with van der Waals surface area (Å²) < 4.78 is 13.9. The van der Waals surface area contributed by atoms with E-state index in [4.69, 9.17) is 23.2 Å². The molecule has 0 aromatic heterocycles. The minimum atomic E-state index is -0.643. The molecule has 1 N–H and O–H groups in total. The largest absolute Gasteiger partial charge is 0.352 e. The fraction of sp³-hybridized carbons (Fsp3) is 0.391. The van der Waals surface area contributed by atoms with Crippen LogP contribution < -0.4 is 5.32 Å². The Kier molecular flexibility index (Phi) is 10.1. The monoisotopic (exact) mass is 484 g/mol.